The van der Waals surface area contributed by atoms with Gasteiger partial charge in [0.15, 0.2) is 0 Å². The molecule has 1 aliphatic heterocycles. The van der Waals surface area contributed by atoms with E-state index in [2.05, 4.69) is 26.9 Å². The van der Waals surface area contributed by atoms with Crippen molar-refractivity contribution in [3.63, 3.8) is 0 Å². The number of rotatable bonds is 3. The lowest BCUT2D eigenvalue weighted by Gasteiger charge is -2.14. The van der Waals surface area contributed by atoms with Crippen LogP contribution in [0.2, 0.25) is 0 Å². The summed E-state index contributed by atoms with van der Waals surface area (Å²) in [5.41, 5.74) is 3.67. The molecule has 2 aromatic rings. The highest BCUT2D eigenvalue weighted by Crippen LogP contribution is 2.21. The summed E-state index contributed by atoms with van der Waals surface area (Å²) >= 11 is 0. The SMILES string of the molecule is Cc1cc(C(=O)NCC2=CCNCC2)c2c(C)noc2n1.Cl. The predicted molar refractivity (Wildman–Crippen MR) is 86.4 cm³/mol. The van der Waals surface area contributed by atoms with Gasteiger partial charge >= 0.3 is 0 Å². The van der Waals surface area contributed by atoms with Crippen LogP contribution >= 0.6 is 12.4 Å². The summed E-state index contributed by atoms with van der Waals surface area (Å²) in [5.74, 6) is -0.115. The maximum Gasteiger partial charge on any atom is 0.258 e. The molecule has 0 aliphatic carbocycles. The van der Waals surface area contributed by atoms with Gasteiger partial charge in [-0.2, -0.15) is 0 Å². The first kappa shape index (κ1) is 16.5. The Bertz CT molecular complexity index is 724. The smallest absolute Gasteiger partial charge is 0.258 e. The molecule has 1 amide bonds. The predicted octanol–water partition coefficient (Wildman–Crippen LogP) is 1.91. The van der Waals surface area contributed by atoms with Crippen LogP contribution in [0.25, 0.3) is 11.1 Å². The second-order valence-electron chi connectivity index (χ2n) is 5.26. The summed E-state index contributed by atoms with van der Waals surface area (Å²) in [6.45, 7) is 6.06. The molecule has 2 aromatic heterocycles. The van der Waals surface area contributed by atoms with E-state index in [1.165, 1.54) is 5.57 Å². The monoisotopic (exact) mass is 322 g/mol. The van der Waals surface area contributed by atoms with E-state index in [0.29, 0.717) is 28.9 Å². The number of aryl methyl sites for hydroxylation is 2. The minimum absolute atomic E-state index is 0. The van der Waals surface area contributed by atoms with Gasteiger partial charge in [-0.25, -0.2) is 4.98 Å². The Kier molecular flexibility index (Phi) is 5.15. The van der Waals surface area contributed by atoms with Crippen LogP contribution in [-0.2, 0) is 0 Å². The van der Waals surface area contributed by atoms with Crippen LogP contribution in [0.15, 0.2) is 22.2 Å². The van der Waals surface area contributed by atoms with E-state index in [-0.39, 0.29) is 18.3 Å². The molecule has 7 heteroatoms. The lowest BCUT2D eigenvalue weighted by molar-refractivity contribution is 0.0958. The fraction of sp³-hybridized carbons (Fsp3) is 0.400. The van der Waals surface area contributed by atoms with Crippen molar-refractivity contribution in [1.29, 1.82) is 0 Å². The summed E-state index contributed by atoms with van der Waals surface area (Å²) in [6.07, 6.45) is 3.10. The third-order valence-electron chi connectivity index (χ3n) is 3.62. The molecular formula is C15H19ClN4O2. The van der Waals surface area contributed by atoms with E-state index < -0.39 is 0 Å². The normalized spacial score (nSPS) is 14.4. The molecule has 0 bridgehead atoms. The molecule has 6 nitrogen and oxygen atoms in total. The Balaban J connectivity index is 0.00000176. The molecule has 0 saturated heterocycles. The van der Waals surface area contributed by atoms with Gasteiger partial charge in [0.05, 0.1) is 16.6 Å². The Labute approximate surface area is 134 Å². The zero-order valence-corrected chi connectivity index (χ0v) is 13.4. The van der Waals surface area contributed by atoms with Crippen molar-refractivity contribution >= 4 is 29.4 Å². The van der Waals surface area contributed by atoms with Crippen molar-refractivity contribution in [3.05, 3.63) is 34.7 Å². The van der Waals surface area contributed by atoms with Crippen LogP contribution in [0, 0.1) is 13.8 Å². The second kappa shape index (κ2) is 6.89. The number of carbonyl (C=O) groups excluding carboxylic acids is 1. The number of aromatic nitrogens is 2. The molecule has 1 aliphatic rings. The van der Waals surface area contributed by atoms with E-state index in [4.69, 9.17) is 4.52 Å². The molecule has 22 heavy (non-hydrogen) atoms. The van der Waals surface area contributed by atoms with Crippen molar-refractivity contribution in [2.75, 3.05) is 19.6 Å². The van der Waals surface area contributed by atoms with Gasteiger partial charge in [-0.1, -0.05) is 16.8 Å². The molecule has 0 radical (unpaired) electrons. The van der Waals surface area contributed by atoms with E-state index in [1.54, 1.807) is 6.07 Å². The Hall–Kier alpha value is -1.92. The number of pyridine rings is 1. The minimum Gasteiger partial charge on any atom is -0.348 e. The van der Waals surface area contributed by atoms with Gasteiger partial charge in [-0.3, -0.25) is 4.79 Å². The van der Waals surface area contributed by atoms with Gasteiger partial charge < -0.3 is 15.2 Å². The number of nitrogens with zero attached hydrogens (tertiary/aromatic N) is 2. The van der Waals surface area contributed by atoms with Gasteiger partial charge in [0, 0.05) is 18.8 Å². The number of hydrogen-bond donors (Lipinski definition) is 2. The Morgan fingerprint density at radius 2 is 2.27 bits per heavy atom. The molecule has 0 fully saturated rings. The minimum atomic E-state index is -0.115. The standard InChI is InChI=1S/C15H18N4O2.ClH/c1-9-7-12(13-10(2)19-21-15(13)18-9)14(20)17-8-11-3-5-16-6-4-11;/h3,7,16H,4-6,8H2,1-2H3,(H,17,20);1H. The number of halogens is 1. The molecule has 2 N–H and O–H groups in total. The molecule has 0 saturated carbocycles. The largest absolute Gasteiger partial charge is 0.348 e. The average Bonchev–Trinajstić information content (AvgIpc) is 2.86. The van der Waals surface area contributed by atoms with Crippen molar-refractivity contribution in [2.24, 2.45) is 0 Å². The van der Waals surface area contributed by atoms with Gasteiger partial charge in [0.25, 0.3) is 11.6 Å². The molecule has 0 spiro atoms. The maximum atomic E-state index is 12.5. The molecule has 3 rings (SSSR count). The zero-order valence-electron chi connectivity index (χ0n) is 12.6. The molecule has 0 aromatic carbocycles. The quantitative estimate of drug-likeness (QED) is 0.844. The van der Waals surface area contributed by atoms with Crippen LogP contribution in [0.4, 0.5) is 0 Å². The van der Waals surface area contributed by atoms with Crippen molar-refractivity contribution in [3.8, 4) is 0 Å². The summed E-state index contributed by atoms with van der Waals surface area (Å²) < 4.78 is 5.15. The second-order valence-corrected chi connectivity index (χ2v) is 5.26. The van der Waals surface area contributed by atoms with Crippen LogP contribution < -0.4 is 10.6 Å². The van der Waals surface area contributed by atoms with Crippen LogP contribution in [0.5, 0.6) is 0 Å². The first-order valence-electron chi connectivity index (χ1n) is 7.05. The Morgan fingerprint density at radius 3 is 3.00 bits per heavy atom. The highest BCUT2D eigenvalue weighted by atomic mass is 35.5. The van der Waals surface area contributed by atoms with Gasteiger partial charge in [-0.15, -0.1) is 12.4 Å². The summed E-state index contributed by atoms with van der Waals surface area (Å²) in [5, 5.41) is 10.8. The third-order valence-corrected chi connectivity index (χ3v) is 3.62. The number of hydrogen-bond acceptors (Lipinski definition) is 5. The van der Waals surface area contributed by atoms with Gasteiger partial charge in [0.2, 0.25) is 0 Å². The fourth-order valence-electron chi connectivity index (χ4n) is 2.52. The lowest BCUT2D eigenvalue weighted by atomic mass is 10.1. The number of nitrogens with one attached hydrogen (secondary N) is 2. The third kappa shape index (κ3) is 3.28. The molecular weight excluding hydrogens is 304 g/mol. The molecule has 0 atom stereocenters. The summed E-state index contributed by atoms with van der Waals surface area (Å²) in [6, 6.07) is 1.78. The average molecular weight is 323 g/mol. The Morgan fingerprint density at radius 1 is 1.45 bits per heavy atom. The lowest BCUT2D eigenvalue weighted by Crippen LogP contribution is -2.29. The van der Waals surface area contributed by atoms with Crippen LogP contribution in [0.3, 0.4) is 0 Å². The van der Waals surface area contributed by atoms with E-state index in [1.807, 2.05) is 13.8 Å². The van der Waals surface area contributed by atoms with Crippen molar-refractivity contribution < 1.29 is 9.32 Å². The summed E-state index contributed by atoms with van der Waals surface area (Å²) in [4.78, 5) is 16.7. The molecule has 118 valence electrons. The van der Waals surface area contributed by atoms with E-state index in [9.17, 15) is 4.79 Å². The van der Waals surface area contributed by atoms with Gasteiger partial charge in [0.1, 0.15) is 0 Å². The maximum absolute atomic E-state index is 12.5. The van der Waals surface area contributed by atoms with Crippen molar-refractivity contribution in [1.82, 2.24) is 20.8 Å². The highest BCUT2D eigenvalue weighted by Gasteiger charge is 2.17. The number of carbonyl (C=O) groups is 1. The van der Waals surface area contributed by atoms with E-state index >= 15 is 0 Å². The topological polar surface area (TPSA) is 80.0 Å². The fourth-order valence-corrected chi connectivity index (χ4v) is 2.52. The zero-order chi connectivity index (χ0) is 14.8. The first-order chi connectivity index (χ1) is 10.1. The molecule has 0 unspecified atom stereocenters. The number of amides is 1. The molecule has 3 heterocycles. The summed E-state index contributed by atoms with van der Waals surface area (Å²) in [7, 11) is 0. The highest BCUT2D eigenvalue weighted by molar-refractivity contribution is 6.06. The first-order valence-corrected chi connectivity index (χ1v) is 7.05. The van der Waals surface area contributed by atoms with Crippen LogP contribution in [0.1, 0.15) is 28.2 Å². The number of fused-ring (bicyclic) bond motifs is 1. The van der Waals surface area contributed by atoms with Crippen LogP contribution in [-0.4, -0.2) is 35.7 Å². The van der Waals surface area contributed by atoms with E-state index in [0.717, 1.165) is 25.2 Å². The van der Waals surface area contributed by atoms with Gasteiger partial charge in [-0.05, 0) is 32.9 Å². The van der Waals surface area contributed by atoms with Crippen molar-refractivity contribution in [2.45, 2.75) is 20.3 Å².